The Balaban J connectivity index is 1.56. The first-order chi connectivity index (χ1) is 12.9. The van der Waals surface area contributed by atoms with Gasteiger partial charge in [0.2, 0.25) is 0 Å². The fourth-order valence-corrected chi connectivity index (χ4v) is 3.25. The molecular formula is C20H22ClN3O3. The maximum atomic E-state index is 12.5. The van der Waals surface area contributed by atoms with Gasteiger partial charge in [-0.05, 0) is 42.8 Å². The number of benzene rings is 2. The number of nitrogens with two attached hydrogens (primary N) is 1. The highest BCUT2D eigenvalue weighted by Gasteiger charge is 2.22. The number of nitrogens with zero attached hydrogens (tertiary/aromatic N) is 2. The van der Waals surface area contributed by atoms with Crippen LogP contribution in [0.4, 0.5) is 5.69 Å². The van der Waals surface area contributed by atoms with Gasteiger partial charge >= 0.3 is 0 Å². The van der Waals surface area contributed by atoms with E-state index in [0.29, 0.717) is 18.1 Å². The lowest BCUT2D eigenvalue weighted by Gasteiger charge is -2.36. The van der Waals surface area contributed by atoms with Crippen LogP contribution in [0, 0.1) is 6.92 Å². The molecule has 2 N–H and O–H groups in total. The normalized spacial score (nSPS) is 14.1. The van der Waals surface area contributed by atoms with Crippen molar-refractivity contribution >= 4 is 29.1 Å². The van der Waals surface area contributed by atoms with Gasteiger partial charge in [-0.2, -0.15) is 0 Å². The second kappa shape index (κ2) is 8.31. The van der Waals surface area contributed by atoms with Crippen molar-refractivity contribution in [3.05, 3.63) is 58.6 Å². The van der Waals surface area contributed by atoms with Gasteiger partial charge in [0.15, 0.2) is 6.61 Å². The Morgan fingerprint density at radius 1 is 1.11 bits per heavy atom. The number of aryl methyl sites for hydroxylation is 1. The van der Waals surface area contributed by atoms with E-state index in [1.54, 1.807) is 11.0 Å². The molecule has 0 atom stereocenters. The van der Waals surface area contributed by atoms with Crippen LogP contribution in [0.3, 0.4) is 0 Å². The predicted octanol–water partition coefficient (Wildman–Crippen LogP) is 2.47. The number of rotatable bonds is 5. The molecule has 1 fully saturated rings. The SMILES string of the molecule is Cc1cccc(N2CCN(C(=O)COc3cc(Cl)ccc3C(N)=O)CC2)c1. The fraction of sp³-hybridized carbons (Fsp3) is 0.300. The smallest absolute Gasteiger partial charge is 0.260 e. The minimum absolute atomic E-state index is 0.130. The van der Waals surface area contributed by atoms with Crippen LogP contribution in [-0.4, -0.2) is 49.5 Å². The summed E-state index contributed by atoms with van der Waals surface area (Å²) in [5.74, 6) is -0.531. The second-order valence-corrected chi connectivity index (χ2v) is 6.94. The average molecular weight is 388 g/mol. The molecular weight excluding hydrogens is 366 g/mol. The molecule has 0 radical (unpaired) electrons. The molecule has 2 aromatic rings. The van der Waals surface area contributed by atoms with Gasteiger partial charge in [0.1, 0.15) is 5.75 Å². The van der Waals surface area contributed by atoms with Crippen molar-refractivity contribution in [2.24, 2.45) is 5.73 Å². The average Bonchev–Trinajstić information content (AvgIpc) is 2.66. The number of hydrogen-bond acceptors (Lipinski definition) is 4. The molecule has 2 aromatic carbocycles. The molecule has 0 bridgehead atoms. The van der Waals surface area contributed by atoms with Crippen molar-refractivity contribution in [1.82, 2.24) is 4.90 Å². The molecule has 3 rings (SSSR count). The zero-order valence-electron chi connectivity index (χ0n) is 15.2. The number of primary amides is 1. The first-order valence-corrected chi connectivity index (χ1v) is 9.13. The standard InChI is InChI=1S/C20H22ClN3O3/c1-14-3-2-4-16(11-14)23-7-9-24(10-8-23)19(25)13-27-18-12-15(21)5-6-17(18)20(22)26/h2-6,11-12H,7-10,13H2,1H3,(H2,22,26). The maximum Gasteiger partial charge on any atom is 0.260 e. The zero-order chi connectivity index (χ0) is 19.4. The Kier molecular flexibility index (Phi) is 5.86. The third kappa shape index (κ3) is 4.71. The third-order valence-electron chi connectivity index (χ3n) is 4.56. The number of hydrogen-bond donors (Lipinski definition) is 1. The minimum atomic E-state index is -0.624. The van der Waals surface area contributed by atoms with Crippen molar-refractivity contribution in [1.29, 1.82) is 0 Å². The van der Waals surface area contributed by atoms with Gasteiger partial charge < -0.3 is 20.3 Å². The van der Waals surface area contributed by atoms with Crippen molar-refractivity contribution < 1.29 is 14.3 Å². The van der Waals surface area contributed by atoms with Gasteiger partial charge in [0, 0.05) is 36.9 Å². The number of anilines is 1. The minimum Gasteiger partial charge on any atom is -0.483 e. The molecule has 6 nitrogen and oxygen atoms in total. The summed E-state index contributed by atoms with van der Waals surface area (Å²) in [6.45, 7) is 4.67. The van der Waals surface area contributed by atoms with Crippen molar-refractivity contribution in [2.75, 3.05) is 37.7 Å². The zero-order valence-corrected chi connectivity index (χ0v) is 15.9. The molecule has 0 aromatic heterocycles. The summed E-state index contributed by atoms with van der Waals surface area (Å²) >= 11 is 5.94. The van der Waals surface area contributed by atoms with Crippen LogP contribution in [-0.2, 0) is 4.79 Å². The highest BCUT2D eigenvalue weighted by Crippen LogP contribution is 2.23. The largest absolute Gasteiger partial charge is 0.483 e. The maximum absolute atomic E-state index is 12.5. The van der Waals surface area contributed by atoms with Crippen molar-refractivity contribution in [2.45, 2.75) is 6.92 Å². The summed E-state index contributed by atoms with van der Waals surface area (Å²) < 4.78 is 5.53. The number of carbonyl (C=O) groups is 2. The third-order valence-corrected chi connectivity index (χ3v) is 4.79. The quantitative estimate of drug-likeness (QED) is 0.855. The van der Waals surface area contributed by atoms with Gasteiger partial charge in [-0.15, -0.1) is 0 Å². The van der Waals surface area contributed by atoms with Gasteiger partial charge in [-0.1, -0.05) is 23.7 Å². The van der Waals surface area contributed by atoms with Gasteiger partial charge in [-0.3, -0.25) is 9.59 Å². The number of amides is 2. The highest BCUT2D eigenvalue weighted by atomic mass is 35.5. The Morgan fingerprint density at radius 3 is 2.52 bits per heavy atom. The van der Waals surface area contributed by atoms with E-state index in [0.717, 1.165) is 13.1 Å². The van der Waals surface area contributed by atoms with Gasteiger partial charge in [0.25, 0.3) is 11.8 Å². The Labute approximate surface area is 163 Å². The van der Waals surface area contributed by atoms with Crippen LogP contribution < -0.4 is 15.4 Å². The fourth-order valence-electron chi connectivity index (χ4n) is 3.09. The van der Waals surface area contributed by atoms with E-state index in [-0.39, 0.29) is 23.8 Å². The topological polar surface area (TPSA) is 75.9 Å². The van der Waals surface area contributed by atoms with Crippen LogP contribution in [0.2, 0.25) is 5.02 Å². The lowest BCUT2D eigenvalue weighted by atomic mass is 10.2. The molecule has 1 aliphatic heterocycles. The van der Waals surface area contributed by atoms with Crippen LogP contribution in [0.5, 0.6) is 5.75 Å². The van der Waals surface area contributed by atoms with E-state index in [2.05, 4.69) is 30.0 Å². The molecule has 142 valence electrons. The van der Waals surface area contributed by atoms with E-state index >= 15 is 0 Å². The predicted molar refractivity (Wildman–Crippen MR) is 105 cm³/mol. The van der Waals surface area contributed by atoms with Gasteiger partial charge in [-0.25, -0.2) is 0 Å². The summed E-state index contributed by atoms with van der Waals surface area (Å²) in [5, 5.41) is 0.411. The Hall–Kier alpha value is -2.73. The monoisotopic (exact) mass is 387 g/mol. The van der Waals surface area contributed by atoms with E-state index in [1.165, 1.54) is 23.4 Å². The molecule has 1 heterocycles. The second-order valence-electron chi connectivity index (χ2n) is 6.50. The lowest BCUT2D eigenvalue weighted by Crippen LogP contribution is -2.50. The molecule has 0 aliphatic carbocycles. The number of ether oxygens (including phenoxy) is 1. The van der Waals surface area contributed by atoms with Crippen LogP contribution in [0.25, 0.3) is 0 Å². The molecule has 1 aliphatic rings. The summed E-state index contributed by atoms with van der Waals surface area (Å²) in [5.41, 5.74) is 7.92. The molecule has 2 amide bonds. The first-order valence-electron chi connectivity index (χ1n) is 8.75. The summed E-state index contributed by atoms with van der Waals surface area (Å²) in [6.07, 6.45) is 0. The molecule has 0 spiro atoms. The van der Waals surface area contributed by atoms with E-state index in [1.807, 2.05) is 6.07 Å². The van der Waals surface area contributed by atoms with Gasteiger partial charge in [0.05, 0.1) is 5.56 Å². The van der Waals surface area contributed by atoms with E-state index in [4.69, 9.17) is 22.1 Å². The molecule has 1 saturated heterocycles. The molecule has 0 saturated carbocycles. The van der Waals surface area contributed by atoms with Crippen LogP contribution in [0.1, 0.15) is 15.9 Å². The number of carbonyl (C=O) groups excluding carboxylic acids is 2. The van der Waals surface area contributed by atoms with Crippen LogP contribution >= 0.6 is 11.6 Å². The first kappa shape index (κ1) is 19.0. The van der Waals surface area contributed by atoms with Crippen molar-refractivity contribution in [3.63, 3.8) is 0 Å². The number of piperazine rings is 1. The van der Waals surface area contributed by atoms with Crippen LogP contribution in [0.15, 0.2) is 42.5 Å². The summed E-state index contributed by atoms with van der Waals surface area (Å²) in [6, 6.07) is 12.9. The highest BCUT2D eigenvalue weighted by molar-refractivity contribution is 6.30. The summed E-state index contributed by atoms with van der Waals surface area (Å²) in [4.78, 5) is 28.0. The number of halogens is 1. The molecule has 7 heteroatoms. The van der Waals surface area contributed by atoms with Crippen molar-refractivity contribution in [3.8, 4) is 5.75 Å². The van der Waals surface area contributed by atoms with E-state index < -0.39 is 5.91 Å². The van der Waals surface area contributed by atoms with E-state index in [9.17, 15) is 9.59 Å². The molecule has 0 unspecified atom stereocenters. The Morgan fingerprint density at radius 2 is 1.85 bits per heavy atom. The Bertz CT molecular complexity index is 848. The lowest BCUT2D eigenvalue weighted by molar-refractivity contribution is -0.133. The molecule has 27 heavy (non-hydrogen) atoms. The summed E-state index contributed by atoms with van der Waals surface area (Å²) in [7, 11) is 0.